The summed E-state index contributed by atoms with van der Waals surface area (Å²) in [5.41, 5.74) is 1.43. The van der Waals surface area contributed by atoms with E-state index in [0.29, 0.717) is 12.1 Å². The number of halogens is 1. The molecular formula is C20H17FN2O3S. The number of hydrogen-bond acceptors (Lipinski definition) is 3. The molecule has 3 aromatic rings. The van der Waals surface area contributed by atoms with Crippen LogP contribution in [0.15, 0.2) is 83.8 Å². The predicted octanol–water partition coefficient (Wildman–Crippen LogP) is 3.56. The minimum Gasteiger partial charge on any atom is -0.348 e. The van der Waals surface area contributed by atoms with E-state index in [0.717, 1.165) is 11.6 Å². The normalized spacial score (nSPS) is 11.0. The third-order valence-corrected chi connectivity index (χ3v) is 5.20. The first-order valence-corrected chi connectivity index (χ1v) is 9.63. The van der Waals surface area contributed by atoms with Gasteiger partial charge in [0.25, 0.3) is 15.9 Å². The Bertz CT molecular complexity index is 1040. The number of benzene rings is 3. The number of anilines is 1. The molecule has 0 fully saturated rings. The molecular weight excluding hydrogens is 367 g/mol. The van der Waals surface area contributed by atoms with Crippen LogP contribution in [0, 0.1) is 5.82 Å². The van der Waals surface area contributed by atoms with E-state index in [1.807, 2.05) is 30.3 Å². The first-order chi connectivity index (χ1) is 12.9. The Morgan fingerprint density at radius 1 is 0.889 bits per heavy atom. The van der Waals surface area contributed by atoms with Crippen LogP contribution < -0.4 is 10.0 Å². The molecule has 0 heterocycles. The van der Waals surface area contributed by atoms with Gasteiger partial charge in [-0.1, -0.05) is 36.4 Å². The molecule has 2 N–H and O–H groups in total. The topological polar surface area (TPSA) is 75.3 Å². The molecule has 0 radical (unpaired) electrons. The molecule has 0 aliphatic rings. The van der Waals surface area contributed by atoms with Crippen LogP contribution in [-0.2, 0) is 16.6 Å². The monoisotopic (exact) mass is 384 g/mol. The maximum atomic E-state index is 13.2. The van der Waals surface area contributed by atoms with Crippen molar-refractivity contribution in [2.45, 2.75) is 11.4 Å². The first kappa shape index (κ1) is 18.6. The van der Waals surface area contributed by atoms with Gasteiger partial charge in [0.05, 0.1) is 10.6 Å². The van der Waals surface area contributed by atoms with E-state index >= 15 is 0 Å². The quantitative estimate of drug-likeness (QED) is 0.682. The number of rotatable bonds is 6. The van der Waals surface area contributed by atoms with Crippen molar-refractivity contribution < 1.29 is 17.6 Å². The van der Waals surface area contributed by atoms with E-state index < -0.39 is 15.8 Å². The second-order valence-electron chi connectivity index (χ2n) is 5.81. The summed E-state index contributed by atoms with van der Waals surface area (Å²) in [4.78, 5) is 12.2. The molecule has 1 amide bonds. The average Bonchev–Trinajstić information content (AvgIpc) is 2.67. The number of hydrogen-bond donors (Lipinski definition) is 2. The van der Waals surface area contributed by atoms with Crippen LogP contribution in [-0.4, -0.2) is 14.3 Å². The molecule has 3 aromatic carbocycles. The summed E-state index contributed by atoms with van der Waals surface area (Å²) in [6.07, 6.45) is 0. The van der Waals surface area contributed by atoms with Crippen LogP contribution in [0.2, 0.25) is 0 Å². The first-order valence-electron chi connectivity index (χ1n) is 8.15. The van der Waals surface area contributed by atoms with E-state index in [2.05, 4.69) is 10.0 Å². The van der Waals surface area contributed by atoms with Crippen molar-refractivity contribution in [2.75, 3.05) is 4.72 Å². The van der Waals surface area contributed by atoms with Gasteiger partial charge in [-0.2, -0.15) is 0 Å². The van der Waals surface area contributed by atoms with Gasteiger partial charge in [-0.15, -0.1) is 0 Å². The molecule has 0 spiro atoms. The average molecular weight is 384 g/mol. The lowest BCUT2D eigenvalue weighted by atomic mass is 10.2. The fourth-order valence-electron chi connectivity index (χ4n) is 2.43. The molecule has 138 valence electrons. The molecule has 5 nitrogen and oxygen atoms in total. The largest absolute Gasteiger partial charge is 0.348 e. The van der Waals surface area contributed by atoms with Crippen LogP contribution in [0.5, 0.6) is 0 Å². The number of carbonyl (C=O) groups excluding carboxylic acids is 1. The lowest BCUT2D eigenvalue weighted by Gasteiger charge is -2.09. The van der Waals surface area contributed by atoms with E-state index in [-0.39, 0.29) is 16.5 Å². The summed E-state index contributed by atoms with van der Waals surface area (Å²) in [7, 11) is -3.88. The summed E-state index contributed by atoms with van der Waals surface area (Å²) in [5.74, 6) is -0.846. The fraction of sp³-hybridized carbons (Fsp3) is 0.0500. The molecule has 0 aliphatic carbocycles. The van der Waals surface area contributed by atoms with Gasteiger partial charge in [0.15, 0.2) is 0 Å². The highest BCUT2D eigenvalue weighted by atomic mass is 32.2. The molecule has 0 unspecified atom stereocenters. The summed E-state index contributed by atoms with van der Waals surface area (Å²) in [6.45, 7) is 0.376. The maximum Gasteiger partial charge on any atom is 0.261 e. The van der Waals surface area contributed by atoms with Gasteiger partial charge < -0.3 is 5.32 Å². The van der Waals surface area contributed by atoms with Crippen LogP contribution in [0.4, 0.5) is 10.1 Å². The van der Waals surface area contributed by atoms with Gasteiger partial charge in [-0.3, -0.25) is 9.52 Å². The van der Waals surface area contributed by atoms with Gasteiger partial charge in [-0.25, -0.2) is 12.8 Å². The van der Waals surface area contributed by atoms with Crippen LogP contribution in [0.1, 0.15) is 15.9 Å². The van der Waals surface area contributed by atoms with Crippen LogP contribution >= 0.6 is 0 Å². The number of nitrogens with one attached hydrogen (secondary N) is 2. The van der Waals surface area contributed by atoms with Crippen molar-refractivity contribution in [3.05, 3.63) is 95.8 Å². The van der Waals surface area contributed by atoms with Crippen LogP contribution in [0.25, 0.3) is 0 Å². The molecule has 7 heteroatoms. The third kappa shape index (κ3) is 4.92. The summed E-state index contributed by atoms with van der Waals surface area (Å²) in [6, 6.07) is 20.1. The summed E-state index contributed by atoms with van der Waals surface area (Å²) >= 11 is 0. The Hall–Kier alpha value is -3.19. The molecule has 3 rings (SSSR count). The van der Waals surface area contributed by atoms with Gasteiger partial charge in [0.1, 0.15) is 5.82 Å². The van der Waals surface area contributed by atoms with Gasteiger partial charge in [0.2, 0.25) is 0 Å². The molecule has 0 saturated carbocycles. The van der Waals surface area contributed by atoms with E-state index in [4.69, 9.17) is 0 Å². The Morgan fingerprint density at radius 3 is 2.26 bits per heavy atom. The Morgan fingerprint density at radius 2 is 1.59 bits per heavy atom. The molecule has 0 aliphatic heterocycles. The molecule has 0 bridgehead atoms. The second-order valence-corrected chi connectivity index (χ2v) is 7.49. The SMILES string of the molecule is O=C(NCc1ccccc1)c1ccc(S(=O)(=O)Nc2cccc(F)c2)cc1. The van der Waals surface area contributed by atoms with Gasteiger partial charge in [-0.05, 0) is 48.0 Å². The van der Waals surface area contributed by atoms with Gasteiger partial charge >= 0.3 is 0 Å². The highest BCUT2D eigenvalue weighted by Crippen LogP contribution is 2.17. The Labute approximate surface area is 156 Å². The highest BCUT2D eigenvalue weighted by molar-refractivity contribution is 7.92. The summed E-state index contributed by atoms with van der Waals surface area (Å²) < 4.78 is 40.2. The Balaban J connectivity index is 1.67. The zero-order chi connectivity index (χ0) is 19.3. The van der Waals surface area contributed by atoms with Gasteiger partial charge in [0, 0.05) is 12.1 Å². The van der Waals surface area contributed by atoms with Crippen molar-refractivity contribution in [3.63, 3.8) is 0 Å². The zero-order valence-electron chi connectivity index (χ0n) is 14.2. The predicted molar refractivity (Wildman–Crippen MR) is 101 cm³/mol. The number of amides is 1. The number of sulfonamides is 1. The molecule has 0 saturated heterocycles. The third-order valence-electron chi connectivity index (χ3n) is 3.80. The van der Waals surface area contributed by atoms with Crippen molar-refractivity contribution in [1.82, 2.24) is 5.32 Å². The molecule has 27 heavy (non-hydrogen) atoms. The van der Waals surface area contributed by atoms with Crippen molar-refractivity contribution >= 4 is 21.6 Å². The zero-order valence-corrected chi connectivity index (χ0v) is 15.0. The molecule has 0 aromatic heterocycles. The lowest BCUT2D eigenvalue weighted by Crippen LogP contribution is -2.22. The molecule has 0 atom stereocenters. The minimum atomic E-state index is -3.88. The summed E-state index contributed by atoms with van der Waals surface area (Å²) in [5, 5.41) is 2.77. The van der Waals surface area contributed by atoms with E-state index in [1.165, 1.54) is 42.5 Å². The second kappa shape index (κ2) is 8.01. The Kier molecular flexibility index (Phi) is 5.52. The fourth-order valence-corrected chi connectivity index (χ4v) is 3.48. The van der Waals surface area contributed by atoms with Crippen LogP contribution in [0.3, 0.4) is 0 Å². The van der Waals surface area contributed by atoms with Crippen molar-refractivity contribution in [3.8, 4) is 0 Å². The standard InChI is InChI=1S/C20H17FN2O3S/c21-17-7-4-8-18(13-17)23-27(25,26)19-11-9-16(10-12-19)20(24)22-14-15-5-2-1-3-6-15/h1-13,23H,14H2,(H,22,24). The maximum absolute atomic E-state index is 13.2. The lowest BCUT2D eigenvalue weighted by molar-refractivity contribution is 0.0951. The van der Waals surface area contributed by atoms with E-state index in [1.54, 1.807) is 0 Å². The van der Waals surface area contributed by atoms with Crippen molar-refractivity contribution in [2.24, 2.45) is 0 Å². The minimum absolute atomic E-state index is 0.0219. The smallest absolute Gasteiger partial charge is 0.261 e. The van der Waals surface area contributed by atoms with E-state index in [9.17, 15) is 17.6 Å². The number of carbonyl (C=O) groups is 1. The highest BCUT2D eigenvalue weighted by Gasteiger charge is 2.15. The van der Waals surface area contributed by atoms with Crippen molar-refractivity contribution in [1.29, 1.82) is 0 Å².